The quantitative estimate of drug-likeness (QED) is 0.865. The van der Waals surface area contributed by atoms with Crippen molar-refractivity contribution in [3.8, 4) is 5.75 Å². The maximum Gasteiger partial charge on any atom is 0.251 e. The zero-order valence-corrected chi connectivity index (χ0v) is 15.6. The van der Waals surface area contributed by atoms with Gasteiger partial charge in [-0.2, -0.15) is 0 Å². The van der Waals surface area contributed by atoms with Gasteiger partial charge in [-0.15, -0.1) is 0 Å². The molecule has 0 bridgehead atoms. The number of benzene rings is 1. The molecule has 0 spiro atoms. The highest BCUT2D eigenvalue weighted by Crippen LogP contribution is 2.17. The third kappa shape index (κ3) is 4.55. The summed E-state index contributed by atoms with van der Waals surface area (Å²) >= 11 is 0. The lowest BCUT2D eigenvalue weighted by Crippen LogP contribution is -2.51. The van der Waals surface area contributed by atoms with Crippen LogP contribution in [0, 0.1) is 6.92 Å². The maximum atomic E-state index is 12.4. The first-order valence-electron chi connectivity index (χ1n) is 8.95. The number of amides is 2. The van der Waals surface area contributed by atoms with Crippen molar-refractivity contribution >= 4 is 17.6 Å². The smallest absolute Gasteiger partial charge is 0.251 e. The number of pyridine rings is 1. The van der Waals surface area contributed by atoms with Crippen LogP contribution in [0.2, 0.25) is 0 Å². The molecule has 0 atom stereocenters. The summed E-state index contributed by atoms with van der Waals surface area (Å²) in [6, 6.07) is 11.1. The molecule has 3 rings (SSSR count). The second kappa shape index (κ2) is 8.53. The second-order valence-electron chi connectivity index (χ2n) is 6.42. The average Bonchev–Trinajstić information content (AvgIpc) is 2.72. The minimum atomic E-state index is -0.254. The topological polar surface area (TPSA) is 74.8 Å². The number of anilines is 1. The summed E-state index contributed by atoms with van der Waals surface area (Å²) in [5, 5.41) is 2.72. The lowest BCUT2D eigenvalue weighted by molar-refractivity contribution is -0.130. The maximum absolute atomic E-state index is 12.4. The van der Waals surface area contributed by atoms with E-state index in [1.165, 1.54) is 0 Å². The number of carbonyl (C=O) groups excluding carboxylic acids is 2. The van der Waals surface area contributed by atoms with E-state index in [0.717, 1.165) is 24.5 Å². The zero-order chi connectivity index (χ0) is 19.2. The first-order valence-corrected chi connectivity index (χ1v) is 8.95. The van der Waals surface area contributed by atoms with E-state index in [2.05, 4.69) is 15.2 Å². The number of methoxy groups -OCH3 is 1. The van der Waals surface area contributed by atoms with E-state index in [4.69, 9.17) is 4.74 Å². The summed E-state index contributed by atoms with van der Waals surface area (Å²) in [6.45, 7) is 4.53. The highest BCUT2D eigenvalue weighted by atomic mass is 16.5. The Morgan fingerprint density at radius 3 is 2.56 bits per heavy atom. The number of hydrogen-bond acceptors (Lipinski definition) is 5. The van der Waals surface area contributed by atoms with Gasteiger partial charge in [0.05, 0.1) is 13.7 Å². The van der Waals surface area contributed by atoms with Crippen molar-refractivity contribution in [3.05, 3.63) is 53.7 Å². The number of ether oxygens (including phenoxy) is 1. The first kappa shape index (κ1) is 18.7. The lowest BCUT2D eigenvalue weighted by atomic mass is 10.1. The number of carbonyl (C=O) groups is 2. The Kier molecular flexibility index (Phi) is 5.90. The predicted molar refractivity (Wildman–Crippen MR) is 103 cm³/mol. The van der Waals surface area contributed by atoms with Crippen LogP contribution in [-0.4, -0.2) is 61.5 Å². The van der Waals surface area contributed by atoms with Gasteiger partial charge in [0.2, 0.25) is 5.91 Å². The van der Waals surface area contributed by atoms with E-state index < -0.39 is 0 Å². The average molecular weight is 368 g/mol. The summed E-state index contributed by atoms with van der Waals surface area (Å²) in [5.74, 6) is 1.30. The van der Waals surface area contributed by atoms with Gasteiger partial charge >= 0.3 is 0 Å². The van der Waals surface area contributed by atoms with Crippen molar-refractivity contribution in [2.24, 2.45) is 0 Å². The van der Waals surface area contributed by atoms with Gasteiger partial charge in [0, 0.05) is 37.9 Å². The molecule has 1 N–H and O–H groups in total. The third-order valence-corrected chi connectivity index (χ3v) is 4.68. The monoisotopic (exact) mass is 368 g/mol. The number of rotatable bonds is 5. The second-order valence-corrected chi connectivity index (χ2v) is 6.42. The van der Waals surface area contributed by atoms with Crippen molar-refractivity contribution in [1.82, 2.24) is 15.2 Å². The first-order chi connectivity index (χ1) is 13.1. The van der Waals surface area contributed by atoms with E-state index in [-0.39, 0.29) is 18.4 Å². The molecular weight excluding hydrogens is 344 g/mol. The van der Waals surface area contributed by atoms with Crippen molar-refractivity contribution in [3.63, 3.8) is 0 Å². The Labute approximate surface area is 158 Å². The molecule has 0 aliphatic carbocycles. The van der Waals surface area contributed by atoms with Gasteiger partial charge in [0.15, 0.2) is 0 Å². The molecule has 7 nitrogen and oxygen atoms in total. The number of hydrogen-bond donors (Lipinski definition) is 1. The summed E-state index contributed by atoms with van der Waals surface area (Å²) in [4.78, 5) is 33.0. The van der Waals surface area contributed by atoms with Gasteiger partial charge in [-0.1, -0.05) is 6.07 Å². The summed E-state index contributed by atoms with van der Waals surface area (Å²) in [7, 11) is 1.58. The zero-order valence-electron chi connectivity index (χ0n) is 15.6. The largest absolute Gasteiger partial charge is 0.497 e. The van der Waals surface area contributed by atoms with Gasteiger partial charge in [-0.25, -0.2) is 4.98 Å². The van der Waals surface area contributed by atoms with E-state index in [1.807, 2.05) is 25.1 Å². The Hall–Kier alpha value is -3.09. The van der Waals surface area contributed by atoms with Crippen LogP contribution in [0.15, 0.2) is 42.6 Å². The molecule has 0 unspecified atom stereocenters. The van der Waals surface area contributed by atoms with Gasteiger partial charge in [0.25, 0.3) is 5.91 Å². The van der Waals surface area contributed by atoms with E-state index in [1.54, 1.807) is 36.4 Å². The summed E-state index contributed by atoms with van der Waals surface area (Å²) in [6.07, 6.45) is 1.77. The Morgan fingerprint density at radius 2 is 1.93 bits per heavy atom. The standard InChI is InChI=1S/C20H24N4O3/c1-15-13-16(27-2)6-7-17(15)20(26)22-14-19(25)24-11-9-23(10-12-24)18-5-3-4-8-21-18/h3-8,13H,9-12,14H2,1-2H3,(H,22,26). The molecule has 1 aromatic carbocycles. The fraction of sp³-hybridized carbons (Fsp3) is 0.350. The molecule has 1 saturated heterocycles. The van der Waals surface area contributed by atoms with Gasteiger partial charge in [-0.05, 0) is 42.8 Å². The van der Waals surface area contributed by atoms with Crippen LogP contribution < -0.4 is 15.0 Å². The van der Waals surface area contributed by atoms with Gasteiger partial charge < -0.3 is 19.9 Å². The third-order valence-electron chi connectivity index (χ3n) is 4.68. The van der Waals surface area contributed by atoms with E-state index in [0.29, 0.717) is 24.4 Å². The molecule has 1 aliphatic heterocycles. The van der Waals surface area contributed by atoms with Crippen LogP contribution in [0.3, 0.4) is 0 Å². The molecule has 142 valence electrons. The summed E-state index contributed by atoms with van der Waals surface area (Å²) in [5.41, 5.74) is 1.35. The summed E-state index contributed by atoms with van der Waals surface area (Å²) < 4.78 is 5.15. The number of nitrogens with zero attached hydrogens (tertiary/aromatic N) is 3. The van der Waals surface area contributed by atoms with Crippen LogP contribution >= 0.6 is 0 Å². The van der Waals surface area contributed by atoms with Crippen molar-refractivity contribution in [2.75, 3.05) is 44.7 Å². The van der Waals surface area contributed by atoms with Crippen LogP contribution in [0.25, 0.3) is 0 Å². The van der Waals surface area contributed by atoms with Gasteiger partial charge in [-0.3, -0.25) is 9.59 Å². The number of aryl methyl sites for hydroxylation is 1. The van der Waals surface area contributed by atoms with Crippen molar-refractivity contribution in [1.29, 1.82) is 0 Å². The Balaban J connectivity index is 1.49. The molecule has 0 saturated carbocycles. The molecule has 7 heteroatoms. The molecule has 2 amide bonds. The molecule has 2 aromatic rings. The minimum Gasteiger partial charge on any atom is -0.497 e. The molecule has 27 heavy (non-hydrogen) atoms. The highest BCUT2D eigenvalue weighted by Gasteiger charge is 2.22. The van der Waals surface area contributed by atoms with Crippen LogP contribution in [0.1, 0.15) is 15.9 Å². The molecule has 1 fully saturated rings. The molecule has 2 heterocycles. The lowest BCUT2D eigenvalue weighted by Gasteiger charge is -2.35. The number of aromatic nitrogens is 1. The normalized spacial score (nSPS) is 14.0. The fourth-order valence-corrected chi connectivity index (χ4v) is 3.11. The SMILES string of the molecule is COc1ccc(C(=O)NCC(=O)N2CCN(c3ccccn3)CC2)c(C)c1. The minimum absolute atomic E-state index is 0.00606. The number of nitrogens with one attached hydrogen (secondary N) is 1. The van der Waals surface area contributed by atoms with Gasteiger partial charge in [0.1, 0.15) is 11.6 Å². The fourth-order valence-electron chi connectivity index (χ4n) is 3.11. The molecule has 1 aliphatic rings. The van der Waals surface area contributed by atoms with Crippen LogP contribution in [-0.2, 0) is 4.79 Å². The highest BCUT2D eigenvalue weighted by molar-refractivity contribution is 5.97. The van der Waals surface area contributed by atoms with Crippen molar-refractivity contribution < 1.29 is 14.3 Å². The van der Waals surface area contributed by atoms with Crippen molar-refractivity contribution in [2.45, 2.75) is 6.92 Å². The predicted octanol–water partition coefficient (Wildman–Crippen LogP) is 1.48. The van der Waals surface area contributed by atoms with E-state index in [9.17, 15) is 9.59 Å². The molecule has 0 radical (unpaired) electrons. The molecule has 1 aromatic heterocycles. The number of piperazine rings is 1. The van der Waals surface area contributed by atoms with Crippen LogP contribution in [0.4, 0.5) is 5.82 Å². The van der Waals surface area contributed by atoms with E-state index >= 15 is 0 Å². The Bertz CT molecular complexity index is 802. The molecular formula is C20H24N4O3. The Morgan fingerprint density at radius 1 is 1.15 bits per heavy atom. The van der Waals surface area contributed by atoms with Crippen LogP contribution in [0.5, 0.6) is 5.75 Å².